The molecule has 0 atom stereocenters. The van der Waals surface area contributed by atoms with Gasteiger partial charge in [-0.15, -0.1) is 11.3 Å². The van der Waals surface area contributed by atoms with Gasteiger partial charge in [-0.3, -0.25) is 0 Å². The van der Waals surface area contributed by atoms with E-state index in [-0.39, 0.29) is 0 Å². The van der Waals surface area contributed by atoms with Gasteiger partial charge in [-0.2, -0.15) is 4.98 Å². The highest BCUT2D eigenvalue weighted by molar-refractivity contribution is 7.18. The Morgan fingerprint density at radius 1 is 1.40 bits per heavy atom. The minimum Gasteiger partial charge on any atom is -0.383 e. The van der Waals surface area contributed by atoms with E-state index in [0.29, 0.717) is 17.9 Å². The molecule has 0 aliphatic carbocycles. The van der Waals surface area contributed by atoms with Crippen LogP contribution in [0.4, 0.5) is 5.82 Å². The number of hydrogen-bond donors (Lipinski definition) is 0. The molecule has 0 amide bonds. The first-order chi connectivity index (χ1) is 9.56. The molecular formula is C14H20ClN3OS. The smallest absolute Gasteiger partial charge is 0.225 e. The average molecular weight is 314 g/mol. The first-order valence-electron chi connectivity index (χ1n) is 6.78. The number of methoxy groups -OCH3 is 1. The van der Waals surface area contributed by atoms with Crippen LogP contribution in [0.25, 0.3) is 10.2 Å². The van der Waals surface area contributed by atoms with Gasteiger partial charge in [0.15, 0.2) is 0 Å². The second kappa shape index (κ2) is 6.70. The fraction of sp³-hybridized carbons (Fsp3) is 0.571. The minimum atomic E-state index is 0.306. The van der Waals surface area contributed by atoms with Gasteiger partial charge in [-0.1, -0.05) is 6.92 Å². The highest BCUT2D eigenvalue weighted by atomic mass is 35.5. The number of hydrogen-bond acceptors (Lipinski definition) is 5. The van der Waals surface area contributed by atoms with Gasteiger partial charge in [0.2, 0.25) is 5.28 Å². The van der Waals surface area contributed by atoms with E-state index >= 15 is 0 Å². The maximum atomic E-state index is 6.09. The topological polar surface area (TPSA) is 38.2 Å². The molecule has 6 heteroatoms. The van der Waals surface area contributed by atoms with Crippen LogP contribution in [0.3, 0.4) is 0 Å². The first-order valence-corrected chi connectivity index (χ1v) is 7.97. The summed E-state index contributed by atoms with van der Waals surface area (Å²) in [4.78, 5) is 13.3. The second-order valence-corrected chi connectivity index (χ2v) is 6.33. The van der Waals surface area contributed by atoms with Crippen LogP contribution < -0.4 is 4.90 Å². The second-order valence-electron chi connectivity index (χ2n) is 4.88. The molecule has 0 bridgehead atoms. The lowest BCUT2D eigenvalue weighted by Crippen LogP contribution is -2.34. The van der Waals surface area contributed by atoms with Crippen molar-refractivity contribution in [3.63, 3.8) is 0 Å². The predicted octanol–water partition coefficient (Wildman–Crippen LogP) is 3.77. The molecule has 0 spiro atoms. The Balaban J connectivity index is 2.51. The van der Waals surface area contributed by atoms with Crippen molar-refractivity contribution in [1.29, 1.82) is 0 Å². The summed E-state index contributed by atoms with van der Waals surface area (Å²) in [5.41, 5.74) is 0. The highest BCUT2D eigenvalue weighted by Gasteiger charge is 2.18. The summed E-state index contributed by atoms with van der Waals surface area (Å²) in [6.45, 7) is 7.87. The summed E-state index contributed by atoms with van der Waals surface area (Å²) in [7, 11) is 1.71. The first kappa shape index (κ1) is 15.5. The standard InChI is InChI=1S/C14H20ClN3OS/c1-5-10-8-11-12(16-14(15)17-13(11)20-10)18(9(2)3)6-7-19-4/h8-9H,5-7H2,1-4H3. The van der Waals surface area contributed by atoms with Crippen LogP contribution in [0.5, 0.6) is 0 Å². The van der Waals surface area contributed by atoms with E-state index in [0.717, 1.165) is 29.0 Å². The Labute approximate surface area is 128 Å². The van der Waals surface area contributed by atoms with Crippen molar-refractivity contribution >= 4 is 39.0 Å². The molecular weight excluding hydrogens is 294 g/mol. The van der Waals surface area contributed by atoms with Gasteiger partial charge < -0.3 is 9.64 Å². The number of aryl methyl sites for hydroxylation is 1. The third kappa shape index (κ3) is 3.22. The maximum Gasteiger partial charge on any atom is 0.225 e. The lowest BCUT2D eigenvalue weighted by atomic mass is 10.2. The van der Waals surface area contributed by atoms with Crippen molar-refractivity contribution < 1.29 is 4.74 Å². The summed E-state index contributed by atoms with van der Waals surface area (Å²) in [5, 5.41) is 1.39. The number of fused-ring (bicyclic) bond motifs is 1. The fourth-order valence-corrected chi connectivity index (χ4v) is 3.30. The fourth-order valence-electron chi connectivity index (χ4n) is 2.12. The van der Waals surface area contributed by atoms with Crippen molar-refractivity contribution in [3.05, 3.63) is 16.2 Å². The molecule has 0 saturated carbocycles. The normalized spacial score (nSPS) is 11.5. The van der Waals surface area contributed by atoms with Crippen molar-refractivity contribution in [2.24, 2.45) is 0 Å². The molecule has 0 unspecified atom stereocenters. The number of rotatable bonds is 6. The molecule has 0 saturated heterocycles. The van der Waals surface area contributed by atoms with Gasteiger partial charge in [-0.05, 0) is 37.9 Å². The zero-order valence-electron chi connectivity index (χ0n) is 12.3. The van der Waals surface area contributed by atoms with Gasteiger partial charge in [0.1, 0.15) is 10.6 Å². The highest BCUT2D eigenvalue weighted by Crippen LogP contribution is 2.33. The van der Waals surface area contributed by atoms with Crippen LogP contribution in [0.15, 0.2) is 6.07 Å². The van der Waals surface area contributed by atoms with Gasteiger partial charge in [0, 0.05) is 24.6 Å². The van der Waals surface area contributed by atoms with Crippen LogP contribution in [0.2, 0.25) is 5.28 Å². The molecule has 2 rings (SSSR count). The summed E-state index contributed by atoms with van der Waals surface area (Å²) in [6, 6.07) is 2.50. The monoisotopic (exact) mass is 313 g/mol. The quantitative estimate of drug-likeness (QED) is 0.761. The number of halogens is 1. The number of ether oxygens (including phenoxy) is 1. The Kier molecular flexibility index (Phi) is 5.18. The molecule has 2 aromatic heterocycles. The lowest BCUT2D eigenvalue weighted by molar-refractivity contribution is 0.203. The molecule has 0 aliphatic heterocycles. The molecule has 20 heavy (non-hydrogen) atoms. The van der Waals surface area contributed by atoms with Gasteiger partial charge in [0.25, 0.3) is 0 Å². The van der Waals surface area contributed by atoms with Crippen LogP contribution in [-0.2, 0) is 11.2 Å². The van der Waals surface area contributed by atoms with E-state index in [1.54, 1.807) is 18.4 Å². The Bertz CT molecular complexity index is 585. The van der Waals surface area contributed by atoms with Crippen LogP contribution >= 0.6 is 22.9 Å². The molecule has 0 fully saturated rings. The van der Waals surface area contributed by atoms with Crippen molar-refractivity contribution in [3.8, 4) is 0 Å². The molecule has 0 aromatic carbocycles. The molecule has 4 nitrogen and oxygen atoms in total. The van der Waals surface area contributed by atoms with Crippen molar-refractivity contribution in [2.75, 3.05) is 25.2 Å². The van der Waals surface area contributed by atoms with Crippen LogP contribution in [0.1, 0.15) is 25.6 Å². The summed E-state index contributed by atoms with van der Waals surface area (Å²) in [6.07, 6.45) is 0.998. The predicted molar refractivity (Wildman–Crippen MR) is 86.2 cm³/mol. The van der Waals surface area contributed by atoms with Gasteiger partial charge >= 0.3 is 0 Å². The van der Waals surface area contributed by atoms with Gasteiger partial charge in [-0.25, -0.2) is 4.98 Å². The Hall–Kier alpha value is -0.910. The van der Waals surface area contributed by atoms with Crippen molar-refractivity contribution in [1.82, 2.24) is 9.97 Å². The lowest BCUT2D eigenvalue weighted by Gasteiger charge is -2.28. The Morgan fingerprint density at radius 2 is 2.15 bits per heavy atom. The SMILES string of the molecule is CCc1cc2c(N(CCOC)C(C)C)nc(Cl)nc2s1. The van der Waals surface area contributed by atoms with Crippen molar-refractivity contribution in [2.45, 2.75) is 33.2 Å². The molecule has 2 aromatic rings. The molecule has 2 heterocycles. The van der Waals surface area contributed by atoms with E-state index in [9.17, 15) is 0 Å². The van der Waals surface area contributed by atoms with E-state index < -0.39 is 0 Å². The van der Waals surface area contributed by atoms with E-state index in [4.69, 9.17) is 16.3 Å². The van der Waals surface area contributed by atoms with Gasteiger partial charge in [0.05, 0.1) is 12.0 Å². The summed E-state index contributed by atoms with van der Waals surface area (Å²) < 4.78 is 5.20. The number of aromatic nitrogens is 2. The maximum absolute atomic E-state index is 6.09. The van der Waals surface area contributed by atoms with E-state index in [1.807, 2.05) is 0 Å². The number of anilines is 1. The minimum absolute atomic E-state index is 0.306. The largest absolute Gasteiger partial charge is 0.383 e. The summed E-state index contributed by atoms with van der Waals surface area (Å²) in [5.74, 6) is 0.906. The molecule has 110 valence electrons. The van der Waals surface area contributed by atoms with E-state index in [1.165, 1.54) is 4.88 Å². The zero-order chi connectivity index (χ0) is 14.7. The molecule has 0 N–H and O–H groups in total. The third-order valence-corrected chi connectivity index (χ3v) is 4.52. The van der Waals surface area contributed by atoms with Crippen LogP contribution in [-0.4, -0.2) is 36.3 Å². The van der Waals surface area contributed by atoms with E-state index in [2.05, 4.69) is 41.7 Å². The van der Waals surface area contributed by atoms with Crippen LogP contribution in [0, 0.1) is 0 Å². The number of thiophene rings is 1. The Morgan fingerprint density at radius 3 is 2.75 bits per heavy atom. The average Bonchev–Trinajstić information content (AvgIpc) is 2.81. The zero-order valence-corrected chi connectivity index (χ0v) is 13.9. The molecule has 0 radical (unpaired) electrons. The number of nitrogens with zero attached hydrogens (tertiary/aromatic N) is 3. The summed E-state index contributed by atoms with van der Waals surface area (Å²) >= 11 is 7.77. The third-order valence-electron chi connectivity index (χ3n) is 3.18. The molecule has 0 aliphatic rings.